The van der Waals surface area contributed by atoms with E-state index in [0.717, 1.165) is 6.42 Å². The maximum atomic E-state index is 6.23. The number of aryl methyl sites for hydroxylation is 1. The SMILES string of the molecule is Cc1cccc(CC(C(C)C)C(C)Cl)c1. The Morgan fingerprint density at radius 2 is 1.87 bits per heavy atom. The molecule has 0 aromatic heterocycles. The molecule has 0 nitrogen and oxygen atoms in total. The molecule has 0 N–H and O–H groups in total. The summed E-state index contributed by atoms with van der Waals surface area (Å²) < 4.78 is 0. The van der Waals surface area contributed by atoms with Crippen molar-refractivity contribution in [3.05, 3.63) is 35.4 Å². The van der Waals surface area contributed by atoms with E-state index in [9.17, 15) is 0 Å². The van der Waals surface area contributed by atoms with Crippen molar-refractivity contribution in [3.8, 4) is 0 Å². The van der Waals surface area contributed by atoms with Crippen molar-refractivity contribution < 1.29 is 0 Å². The van der Waals surface area contributed by atoms with Crippen molar-refractivity contribution in [1.82, 2.24) is 0 Å². The Bertz CT molecular complexity index is 294. The smallest absolute Gasteiger partial charge is 0.0341 e. The lowest BCUT2D eigenvalue weighted by Crippen LogP contribution is -2.20. The fourth-order valence-corrected chi connectivity index (χ4v) is 2.42. The Kier molecular flexibility index (Phi) is 4.66. The predicted molar refractivity (Wildman–Crippen MR) is 68.5 cm³/mol. The zero-order valence-corrected chi connectivity index (χ0v) is 10.9. The number of hydrogen-bond acceptors (Lipinski definition) is 0. The predicted octanol–water partition coefficient (Wildman–Crippen LogP) is 4.44. The third-order valence-electron chi connectivity index (χ3n) is 3.00. The van der Waals surface area contributed by atoms with Crippen molar-refractivity contribution in [2.45, 2.75) is 39.5 Å². The Balaban J connectivity index is 2.74. The molecule has 0 aliphatic heterocycles. The molecular formula is C14H21Cl. The fraction of sp³-hybridized carbons (Fsp3) is 0.571. The van der Waals surface area contributed by atoms with Crippen LogP contribution in [0.2, 0.25) is 0 Å². The van der Waals surface area contributed by atoms with Gasteiger partial charge in [-0.1, -0.05) is 43.7 Å². The first-order valence-corrected chi connectivity index (χ1v) is 6.14. The number of alkyl halides is 1. The number of benzene rings is 1. The highest BCUT2D eigenvalue weighted by Gasteiger charge is 2.19. The van der Waals surface area contributed by atoms with Crippen LogP contribution in [0.1, 0.15) is 31.9 Å². The summed E-state index contributed by atoms with van der Waals surface area (Å²) in [6.45, 7) is 8.73. The topological polar surface area (TPSA) is 0 Å². The van der Waals surface area contributed by atoms with Crippen LogP contribution in [0.15, 0.2) is 24.3 Å². The molecule has 1 rings (SSSR count). The van der Waals surface area contributed by atoms with Gasteiger partial charge in [0.05, 0.1) is 0 Å². The second-order valence-electron chi connectivity index (χ2n) is 4.78. The van der Waals surface area contributed by atoms with Crippen molar-refractivity contribution >= 4 is 11.6 Å². The molecule has 15 heavy (non-hydrogen) atoms. The summed E-state index contributed by atoms with van der Waals surface area (Å²) in [6.07, 6.45) is 1.09. The van der Waals surface area contributed by atoms with Gasteiger partial charge in [0.1, 0.15) is 0 Å². The standard InChI is InChI=1S/C14H21Cl/c1-10(2)14(12(4)15)9-13-7-5-6-11(3)8-13/h5-8,10,12,14H,9H2,1-4H3. The van der Waals surface area contributed by atoms with E-state index in [1.54, 1.807) is 0 Å². The normalized spacial score (nSPS) is 15.3. The molecule has 0 heterocycles. The molecule has 0 fully saturated rings. The second kappa shape index (κ2) is 5.55. The zero-order chi connectivity index (χ0) is 11.4. The highest BCUT2D eigenvalue weighted by atomic mass is 35.5. The molecule has 0 amide bonds. The first kappa shape index (κ1) is 12.6. The van der Waals surface area contributed by atoms with E-state index in [1.807, 2.05) is 0 Å². The van der Waals surface area contributed by atoms with E-state index in [-0.39, 0.29) is 5.38 Å². The van der Waals surface area contributed by atoms with E-state index in [4.69, 9.17) is 11.6 Å². The van der Waals surface area contributed by atoms with Gasteiger partial charge in [0, 0.05) is 5.38 Å². The van der Waals surface area contributed by atoms with Crippen LogP contribution in [0.3, 0.4) is 0 Å². The van der Waals surface area contributed by atoms with E-state index >= 15 is 0 Å². The number of hydrogen-bond donors (Lipinski definition) is 0. The lowest BCUT2D eigenvalue weighted by atomic mass is 9.86. The Morgan fingerprint density at radius 3 is 2.33 bits per heavy atom. The molecule has 1 aromatic carbocycles. The van der Waals surface area contributed by atoms with Gasteiger partial charge in [0.25, 0.3) is 0 Å². The van der Waals surface area contributed by atoms with Crippen LogP contribution in [0.25, 0.3) is 0 Å². The zero-order valence-electron chi connectivity index (χ0n) is 10.1. The molecule has 2 unspecified atom stereocenters. The molecular weight excluding hydrogens is 204 g/mol. The van der Waals surface area contributed by atoms with Crippen LogP contribution in [-0.4, -0.2) is 5.38 Å². The summed E-state index contributed by atoms with van der Waals surface area (Å²) in [6, 6.07) is 8.72. The minimum absolute atomic E-state index is 0.241. The van der Waals surface area contributed by atoms with Crippen LogP contribution in [0, 0.1) is 18.8 Å². The molecule has 1 aromatic rings. The third-order valence-corrected chi connectivity index (χ3v) is 3.32. The molecule has 84 valence electrons. The van der Waals surface area contributed by atoms with Gasteiger partial charge >= 0.3 is 0 Å². The maximum Gasteiger partial charge on any atom is 0.0341 e. The van der Waals surface area contributed by atoms with Crippen LogP contribution in [0.4, 0.5) is 0 Å². The van der Waals surface area contributed by atoms with Gasteiger partial charge in [0.15, 0.2) is 0 Å². The number of halogens is 1. The summed E-state index contributed by atoms with van der Waals surface area (Å²) in [4.78, 5) is 0. The van der Waals surface area contributed by atoms with Gasteiger partial charge in [-0.25, -0.2) is 0 Å². The summed E-state index contributed by atoms with van der Waals surface area (Å²) >= 11 is 6.23. The largest absolute Gasteiger partial charge is 0.123 e. The summed E-state index contributed by atoms with van der Waals surface area (Å²) in [5.74, 6) is 1.20. The highest BCUT2D eigenvalue weighted by molar-refractivity contribution is 6.20. The Morgan fingerprint density at radius 1 is 1.20 bits per heavy atom. The van der Waals surface area contributed by atoms with Gasteiger partial charge < -0.3 is 0 Å². The van der Waals surface area contributed by atoms with E-state index < -0.39 is 0 Å². The third kappa shape index (κ3) is 3.87. The second-order valence-corrected chi connectivity index (χ2v) is 5.47. The van der Waals surface area contributed by atoms with Gasteiger partial charge in [-0.15, -0.1) is 11.6 Å². The Labute approximate surface area is 98.7 Å². The minimum Gasteiger partial charge on any atom is -0.123 e. The van der Waals surface area contributed by atoms with E-state index in [2.05, 4.69) is 52.0 Å². The number of rotatable bonds is 4. The first-order chi connectivity index (χ1) is 7.00. The summed E-state index contributed by atoms with van der Waals surface area (Å²) in [5.41, 5.74) is 2.73. The van der Waals surface area contributed by atoms with Gasteiger partial charge in [-0.3, -0.25) is 0 Å². The molecule has 0 saturated carbocycles. The lowest BCUT2D eigenvalue weighted by Gasteiger charge is -2.23. The molecule has 0 saturated heterocycles. The highest BCUT2D eigenvalue weighted by Crippen LogP contribution is 2.24. The fourth-order valence-electron chi connectivity index (χ4n) is 2.04. The van der Waals surface area contributed by atoms with Crippen molar-refractivity contribution in [3.63, 3.8) is 0 Å². The molecule has 0 aliphatic rings. The van der Waals surface area contributed by atoms with Crippen LogP contribution < -0.4 is 0 Å². The average Bonchev–Trinajstić information content (AvgIpc) is 2.13. The molecule has 0 radical (unpaired) electrons. The molecule has 1 heteroatoms. The molecule has 0 spiro atoms. The van der Waals surface area contributed by atoms with E-state index in [1.165, 1.54) is 11.1 Å². The quantitative estimate of drug-likeness (QED) is 0.664. The maximum absolute atomic E-state index is 6.23. The summed E-state index contributed by atoms with van der Waals surface area (Å²) in [5, 5.41) is 0.241. The first-order valence-electron chi connectivity index (χ1n) is 5.70. The molecule has 0 aliphatic carbocycles. The summed E-state index contributed by atoms with van der Waals surface area (Å²) in [7, 11) is 0. The average molecular weight is 225 g/mol. The van der Waals surface area contributed by atoms with Gasteiger partial charge in [-0.2, -0.15) is 0 Å². The van der Waals surface area contributed by atoms with Crippen LogP contribution in [0.5, 0.6) is 0 Å². The molecule has 2 atom stereocenters. The van der Waals surface area contributed by atoms with Gasteiger partial charge in [0.2, 0.25) is 0 Å². The van der Waals surface area contributed by atoms with Crippen LogP contribution in [-0.2, 0) is 6.42 Å². The van der Waals surface area contributed by atoms with Crippen LogP contribution >= 0.6 is 11.6 Å². The van der Waals surface area contributed by atoms with E-state index in [0.29, 0.717) is 11.8 Å². The van der Waals surface area contributed by atoms with Crippen molar-refractivity contribution in [2.75, 3.05) is 0 Å². The minimum atomic E-state index is 0.241. The monoisotopic (exact) mass is 224 g/mol. The lowest BCUT2D eigenvalue weighted by molar-refractivity contribution is 0.376. The van der Waals surface area contributed by atoms with Gasteiger partial charge in [-0.05, 0) is 37.7 Å². The van der Waals surface area contributed by atoms with Crippen molar-refractivity contribution in [1.29, 1.82) is 0 Å². The van der Waals surface area contributed by atoms with Crippen molar-refractivity contribution in [2.24, 2.45) is 11.8 Å². The molecule has 0 bridgehead atoms. The Hall–Kier alpha value is -0.490.